The molecule has 2 aliphatic rings. The molecule has 0 N–H and O–H groups in total. The summed E-state index contributed by atoms with van der Waals surface area (Å²) in [5, 5.41) is 0. The number of piperidine rings is 1. The van der Waals surface area contributed by atoms with Crippen molar-refractivity contribution in [3.63, 3.8) is 0 Å². The molecule has 2 saturated heterocycles. The van der Waals surface area contributed by atoms with Crippen LogP contribution in [0.15, 0.2) is 29.2 Å². The minimum absolute atomic E-state index is 0.0148. The highest BCUT2D eigenvalue weighted by atomic mass is 16.5. The Kier molecular flexibility index (Phi) is 5.65. The summed E-state index contributed by atoms with van der Waals surface area (Å²) in [6.45, 7) is 4.55. The van der Waals surface area contributed by atoms with E-state index in [2.05, 4.69) is 4.90 Å². The van der Waals surface area contributed by atoms with Crippen molar-refractivity contribution in [2.45, 2.75) is 25.1 Å². The fourth-order valence-corrected chi connectivity index (χ4v) is 3.49. The van der Waals surface area contributed by atoms with Gasteiger partial charge >= 0.3 is 0 Å². The standard InChI is InChI=1S/C17H25N3O4/c1-23-10-8-18-9-11-24-15-5-7-20(12-14(15)18)17(22)13-19-6-3-2-4-16(19)21/h2-4,6,14-15H,5,7-13H2,1H3/t14-,15-/m0/s1. The fraction of sp³-hybridized carbons (Fsp3) is 0.647. The van der Waals surface area contributed by atoms with Crippen LogP contribution in [0.4, 0.5) is 0 Å². The lowest BCUT2D eigenvalue weighted by Gasteiger charge is -2.47. The van der Waals surface area contributed by atoms with Crippen molar-refractivity contribution in [1.82, 2.24) is 14.4 Å². The van der Waals surface area contributed by atoms with Crippen molar-refractivity contribution in [2.75, 3.05) is 46.5 Å². The summed E-state index contributed by atoms with van der Waals surface area (Å²) in [6.07, 6.45) is 2.67. The van der Waals surface area contributed by atoms with Crippen LogP contribution in [0.2, 0.25) is 0 Å². The average Bonchev–Trinajstić information content (AvgIpc) is 2.61. The van der Waals surface area contributed by atoms with E-state index in [1.807, 2.05) is 4.90 Å². The number of hydrogen-bond donors (Lipinski definition) is 0. The second-order valence-corrected chi connectivity index (χ2v) is 6.30. The van der Waals surface area contributed by atoms with Gasteiger partial charge in [-0.2, -0.15) is 0 Å². The fourth-order valence-electron chi connectivity index (χ4n) is 3.49. The number of rotatable bonds is 5. The number of amides is 1. The number of pyridine rings is 1. The maximum absolute atomic E-state index is 12.6. The van der Waals surface area contributed by atoms with Gasteiger partial charge in [-0.25, -0.2) is 0 Å². The largest absolute Gasteiger partial charge is 0.383 e. The highest BCUT2D eigenvalue weighted by Crippen LogP contribution is 2.23. The van der Waals surface area contributed by atoms with E-state index in [0.717, 1.165) is 26.1 Å². The van der Waals surface area contributed by atoms with Gasteiger partial charge in [-0.05, 0) is 12.5 Å². The summed E-state index contributed by atoms with van der Waals surface area (Å²) in [5.41, 5.74) is -0.150. The molecule has 24 heavy (non-hydrogen) atoms. The van der Waals surface area contributed by atoms with Gasteiger partial charge in [-0.1, -0.05) is 6.07 Å². The molecular weight excluding hydrogens is 310 g/mol. The van der Waals surface area contributed by atoms with Crippen molar-refractivity contribution >= 4 is 5.91 Å². The summed E-state index contributed by atoms with van der Waals surface area (Å²) in [6, 6.07) is 5.13. The van der Waals surface area contributed by atoms with E-state index in [-0.39, 0.29) is 30.2 Å². The van der Waals surface area contributed by atoms with E-state index in [1.165, 1.54) is 10.6 Å². The van der Waals surface area contributed by atoms with E-state index in [4.69, 9.17) is 9.47 Å². The minimum Gasteiger partial charge on any atom is -0.383 e. The smallest absolute Gasteiger partial charge is 0.250 e. The second kappa shape index (κ2) is 7.92. The number of carbonyl (C=O) groups excluding carboxylic acids is 1. The Morgan fingerprint density at radius 1 is 1.38 bits per heavy atom. The van der Waals surface area contributed by atoms with Gasteiger partial charge in [0.15, 0.2) is 0 Å². The van der Waals surface area contributed by atoms with E-state index in [0.29, 0.717) is 19.7 Å². The highest BCUT2D eigenvalue weighted by Gasteiger charge is 2.38. The van der Waals surface area contributed by atoms with Crippen molar-refractivity contribution in [2.24, 2.45) is 0 Å². The number of likely N-dealkylation sites (tertiary alicyclic amines) is 1. The van der Waals surface area contributed by atoms with Crippen molar-refractivity contribution < 1.29 is 14.3 Å². The molecule has 1 amide bonds. The van der Waals surface area contributed by atoms with Gasteiger partial charge in [0.05, 0.1) is 25.4 Å². The SMILES string of the molecule is COCCN1CCO[C@H]2CCN(C(=O)Cn3ccccc3=O)C[C@@H]21. The molecule has 0 bridgehead atoms. The average molecular weight is 335 g/mol. The van der Waals surface area contributed by atoms with Crippen LogP contribution in [0.5, 0.6) is 0 Å². The normalized spacial score (nSPS) is 24.6. The van der Waals surface area contributed by atoms with Gasteiger partial charge in [0, 0.05) is 45.6 Å². The van der Waals surface area contributed by atoms with Gasteiger partial charge < -0.3 is 18.9 Å². The van der Waals surface area contributed by atoms with Gasteiger partial charge in [-0.15, -0.1) is 0 Å². The summed E-state index contributed by atoms with van der Waals surface area (Å²) in [5.74, 6) is -0.0148. The molecule has 1 aromatic heterocycles. The Labute approximate surface area is 141 Å². The molecule has 0 unspecified atom stereocenters. The third-order valence-corrected chi connectivity index (χ3v) is 4.84. The molecule has 1 aromatic rings. The lowest BCUT2D eigenvalue weighted by molar-refractivity contribution is -0.144. The molecule has 0 spiro atoms. The Hall–Kier alpha value is -1.70. The second-order valence-electron chi connectivity index (χ2n) is 6.30. The number of fused-ring (bicyclic) bond motifs is 1. The first-order valence-corrected chi connectivity index (χ1v) is 8.47. The zero-order valence-electron chi connectivity index (χ0n) is 14.1. The first kappa shape index (κ1) is 17.1. The van der Waals surface area contributed by atoms with Crippen molar-refractivity contribution in [1.29, 1.82) is 0 Å². The van der Waals surface area contributed by atoms with Crippen LogP contribution >= 0.6 is 0 Å². The summed E-state index contributed by atoms with van der Waals surface area (Å²) < 4.78 is 12.5. The lowest BCUT2D eigenvalue weighted by Crippen LogP contribution is -2.61. The Morgan fingerprint density at radius 3 is 3.04 bits per heavy atom. The minimum atomic E-state index is -0.150. The first-order chi connectivity index (χ1) is 11.7. The molecule has 0 aliphatic carbocycles. The van der Waals surface area contributed by atoms with Crippen LogP contribution in [0.1, 0.15) is 6.42 Å². The van der Waals surface area contributed by atoms with Gasteiger partial charge in [0.1, 0.15) is 6.54 Å². The third-order valence-electron chi connectivity index (χ3n) is 4.84. The summed E-state index contributed by atoms with van der Waals surface area (Å²) >= 11 is 0. The first-order valence-electron chi connectivity index (χ1n) is 8.47. The van der Waals surface area contributed by atoms with Crippen molar-refractivity contribution in [3.05, 3.63) is 34.7 Å². The molecule has 7 heteroatoms. The topological polar surface area (TPSA) is 64.0 Å². The summed E-state index contributed by atoms with van der Waals surface area (Å²) in [4.78, 5) is 28.6. The third kappa shape index (κ3) is 3.85. The molecule has 0 aromatic carbocycles. The van der Waals surface area contributed by atoms with Crippen LogP contribution in [0.3, 0.4) is 0 Å². The molecule has 132 valence electrons. The van der Waals surface area contributed by atoms with Crippen LogP contribution < -0.4 is 5.56 Å². The number of ether oxygens (including phenoxy) is 2. The number of nitrogens with zero attached hydrogens (tertiary/aromatic N) is 3. The maximum Gasteiger partial charge on any atom is 0.250 e. The zero-order chi connectivity index (χ0) is 16.9. The molecule has 0 saturated carbocycles. The van der Waals surface area contributed by atoms with Crippen LogP contribution in [0, 0.1) is 0 Å². The number of hydrogen-bond acceptors (Lipinski definition) is 5. The predicted octanol–water partition coefficient (Wildman–Crippen LogP) is -0.204. The zero-order valence-corrected chi connectivity index (χ0v) is 14.1. The number of methoxy groups -OCH3 is 1. The Balaban J connectivity index is 1.64. The number of morpholine rings is 1. The molecule has 2 atom stereocenters. The van der Waals surface area contributed by atoms with Gasteiger partial charge in [0.25, 0.3) is 5.56 Å². The van der Waals surface area contributed by atoms with E-state index >= 15 is 0 Å². The van der Waals surface area contributed by atoms with Crippen LogP contribution in [0.25, 0.3) is 0 Å². The van der Waals surface area contributed by atoms with Crippen molar-refractivity contribution in [3.8, 4) is 0 Å². The molecule has 3 rings (SSSR count). The number of carbonyl (C=O) groups is 1. The molecule has 3 heterocycles. The van der Waals surface area contributed by atoms with E-state index in [9.17, 15) is 9.59 Å². The van der Waals surface area contributed by atoms with Gasteiger partial charge in [0.2, 0.25) is 5.91 Å². The van der Waals surface area contributed by atoms with Gasteiger partial charge in [-0.3, -0.25) is 14.5 Å². The predicted molar refractivity (Wildman–Crippen MR) is 88.9 cm³/mol. The Bertz CT molecular complexity index is 618. The molecule has 2 fully saturated rings. The van der Waals surface area contributed by atoms with E-state index in [1.54, 1.807) is 25.4 Å². The molecule has 7 nitrogen and oxygen atoms in total. The monoisotopic (exact) mass is 335 g/mol. The molecule has 2 aliphatic heterocycles. The quantitative estimate of drug-likeness (QED) is 0.745. The highest BCUT2D eigenvalue weighted by molar-refractivity contribution is 5.76. The summed E-state index contributed by atoms with van der Waals surface area (Å²) in [7, 11) is 1.70. The number of aromatic nitrogens is 1. The molecule has 0 radical (unpaired) electrons. The molecular formula is C17H25N3O4. The van der Waals surface area contributed by atoms with Crippen LogP contribution in [-0.4, -0.2) is 78.9 Å². The Morgan fingerprint density at radius 2 is 2.25 bits per heavy atom. The lowest BCUT2D eigenvalue weighted by atomic mass is 9.98. The van der Waals surface area contributed by atoms with Crippen LogP contribution in [-0.2, 0) is 20.8 Å². The maximum atomic E-state index is 12.6. The van der Waals surface area contributed by atoms with E-state index < -0.39 is 0 Å².